The molecule has 9 nitrogen and oxygen atoms in total. The van der Waals surface area contributed by atoms with Gasteiger partial charge in [-0.25, -0.2) is 0 Å². The lowest BCUT2D eigenvalue weighted by Gasteiger charge is -2.36. The van der Waals surface area contributed by atoms with Crippen LogP contribution in [0.5, 0.6) is 5.75 Å². The van der Waals surface area contributed by atoms with E-state index in [0.29, 0.717) is 58.9 Å². The smallest absolute Gasteiger partial charge is 0.258 e. The molecular weight excluding hydrogens is 627 g/mol. The number of hydrogen-bond acceptors (Lipinski definition) is 7. The lowest BCUT2D eigenvalue weighted by atomic mass is 10.0. The van der Waals surface area contributed by atoms with E-state index in [1.807, 2.05) is 33.0 Å². The van der Waals surface area contributed by atoms with Crippen LogP contribution in [0.2, 0.25) is 10.0 Å². The van der Waals surface area contributed by atoms with Crippen LogP contribution in [0.1, 0.15) is 66.3 Å². The van der Waals surface area contributed by atoms with Gasteiger partial charge in [0.1, 0.15) is 5.75 Å². The van der Waals surface area contributed by atoms with Crippen LogP contribution in [0.4, 0.5) is 5.69 Å². The first-order chi connectivity index (χ1) is 22.0. The topological polar surface area (TPSA) is 104 Å². The number of nitrogens with zero attached hydrogens (tertiary/aromatic N) is 3. The fraction of sp³-hybridized carbons (Fsp3) is 0.457. The molecule has 3 aromatic rings. The molecule has 4 atom stereocenters. The van der Waals surface area contributed by atoms with Gasteiger partial charge in [0.2, 0.25) is 0 Å². The van der Waals surface area contributed by atoms with E-state index in [-0.39, 0.29) is 36.5 Å². The van der Waals surface area contributed by atoms with Gasteiger partial charge in [-0.15, -0.1) is 0 Å². The summed E-state index contributed by atoms with van der Waals surface area (Å²) in [6.07, 6.45) is 5.32. The Morgan fingerprint density at radius 2 is 1.87 bits per heavy atom. The summed E-state index contributed by atoms with van der Waals surface area (Å²) in [6.45, 7) is 7.85. The van der Waals surface area contributed by atoms with Gasteiger partial charge in [0.05, 0.1) is 40.5 Å². The van der Waals surface area contributed by atoms with Crippen molar-refractivity contribution in [2.75, 3.05) is 38.7 Å². The van der Waals surface area contributed by atoms with Gasteiger partial charge in [0.15, 0.2) is 0 Å². The van der Waals surface area contributed by atoms with Gasteiger partial charge in [-0.3, -0.25) is 19.5 Å². The lowest BCUT2D eigenvalue weighted by Crippen LogP contribution is -2.47. The second kappa shape index (κ2) is 17.1. The minimum Gasteiger partial charge on any atom is -0.490 e. The van der Waals surface area contributed by atoms with Crippen LogP contribution in [-0.2, 0) is 11.3 Å². The number of aromatic nitrogens is 1. The van der Waals surface area contributed by atoms with Crippen LogP contribution in [0, 0.1) is 5.92 Å². The number of aliphatic hydroxyl groups excluding tert-OH is 1. The molecule has 2 amide bonds. The molecule has 1 aromatic heterocycles. The summed E-state index contributed by atoms with van der Waals surface area (Å²) in [4.78, 5) is 35.1. The standard InChI is InChI=1S/C35H44Cl2N4O5/c1-23-19-41(24(2)22-42)35(44)29-18-28(39-34(43)27-12-14-38-15-13-27)9-11-32(29)46-25(3)7-5-6-16-45-33(23)21-40(4)20-26-8-10-30(36)31(37)17-26/h8-15,17-18,23-25,33,42H,5-7,16,19-22H2,1-4H3,(H,39,43)/t23-,24+,25-,33+/m0/s1. The lowest BCUT2D eigenvalue weighted by molar-refractivity contribution is -0.0177. The Bertz CT molecular complexity index is 1460. The summed E-state index contributed by atoms with van der Waals surface area (Å²) in [5, 5.41) is 14.1. The summed E-state index contributed by atoms with van der Waals surface area (Å²) < 4.78 is 12.8. The molecule has 248 valence electrons. The second-order valence-corrected chi connectivity index (χ2v) is 13.0. The van der Waals surface area contributed by atoms with Crippen molar-refractivity contribution in [1.29, 1.82) is 0 Å². The number of fused-ring (bicyclic) bond motifs is 1. The number of benzene rings is 2. The molecule has 0 aliphatic carbocycles. The molecule has 0 saturated carbocycles. The fourth-order valence-electron chi connectivity index (χ4n) is 5.49. The van der Waals surface area contributed by atoms with E-state index in [1.165, 1.54) is 0 Å². The van der Waals surface area contributed by atoms with Gasteiger partial charge >= 0.3 is 0 Å². The van der Waals surface area contributed by atoms with E-state index in [4.69, 9.17) is 32.7 Å². The van der Waals surface area contributed by atoms with Crippen LogP contribution in [0.15, 0.2) is 60.9 Å². The van der Waals surface area contributed by atoms with Gasteiger partial charge in [-0.05, 0) is 88.2 Å². The normalized spacial score (nSPS) is 20.4. The number of carbonyl (C=O) groups excluding carboxylic acids is 2. The molecule has 11 heteroatoms. The maximum atomic E-state index is 14.3. The molecule has 0 unspecified atom stereocenters. The summed E-state index contributed by atoms with van der Waals surface area (Å²) in [5.41, 5.74) is 2.26. The van der Waals surface area contributed by atoms with Crippen molar-refractivity contribution < 1.29 is 24.2 Å². The average Bonchev–Trinajstić information content (AvgIpc) is 3.04. The van der Waals surface area contributed by atoms with E-state index in [0.717, 1.165) is 24.8 Å². The number of hydrogen-bond donors (Lipinski definition) is 2. The molecular formula is C35H44Cl2N4O5. The van der Waals surface area contributed by atoms with Gasteiger partial charge < -0.3 is 24.8 Å². The number of ether oxygens (including phenoxy) is 2. The zero-order chi connectivity index (χ0) is 33.2. The van der Waals surface area contributed by atoms with Crippen molar-refractivity contribution in [1.82, 2.24) is 14.8 Å². The number of likely N-dealkylation sites (N-methyl/N-ethyl adjacent to an activating group) is 1. The SMILES string of the molecule is C[C@H](CO)N1C[C@H](C)[C@@H](CN(C)Cc2ccc(Cl)c(Cl)c2)OCCCC[C@H](C)Oc2ccc(NC(=O)c3ccncc3)cc2C1=O. The predicted octanol–water partition coefficient (Wildman–Crippen LogP) is 6.57. The Hall–Kier alpha value is -3.21. The summed E-state index contributed by atoms with van der Waals surface area (Å²) in [6, 6.07) is 13.5. The highest BCUT2D eigenvalue weighted by atomic mass is 35.5. The number of rotatable bonds is 8. The Morgan fingerprint density at radius 3 is 2.59 bits per heavy atom. The molecule has 0 saturated heterocycles. The van der Waals surface area contributed by atoms with Crippen LogP contribution < -0.4 is 10.1 Å². The van der Waals surface area contributed by atoms with Crippen molar-refractivity contribution in [2.45, 2.75) is 64.8 Å². The Kier molecular flexibility index (Phi) is 13.2. The maximum absolute atomic E-state index is 14.3. The monoisotopic (exact) mass is 670 g/mol. The van der Waals surface area contributed by atoms with Crippen LogP contribution in [0.25, 0.3) is 0 Å². The highest BCUT2D eigenvalue weighted by Crippen LogP contribution is 2.29. The van der Waals surface area contributed by atoms with E-state index in [9.17, 15) is 14.7 Å². The molecule has 0 bridgehead atoms. The van der Waals surface area contributed by atoms with Crippen molar-refractivity contribution in [2.24, 2.45) is 5.92 Å². The highest BCUT2D eigenvalue weighted by Gasteiger charge is 2.30. The number of carbonyl (C=O) groups is 2. The van der Waals surface area contributed by atoms with Gasteiger partial charge in [-0.1, -0.05) is 36.2 Å². The Balaban J connectivity index is 1.60. The molecule has 0 radical (unpaired) electrons. The number of pyridine rings is 1. The molecule has 4 rings (SSSR count). The van der Waals surface area contributed by atoms with Gasteiger partial charge in [0, 0.05) is 55.8 Å². The minimum absolute atomic E-state index is 0.0741. The first-order valence-corrected chi connectivity index (χ1v) is 16.5. The molecule has 2 N–H and O–H groups in total. The average molecular weight is 672 g/mol. The van der Waals surface area contributed by atoms with Crippen LogP contribution in [-0.4, -0.2) is 83.3 Å². The third-order valence-electron chi connectivity index (χ3n) is 8.18. The highest BCUT2D eigenvalue weighted by molar-refractivity contribution is 6.42. The molecule has 2 heterocycles. The van der Waals surface area contributed by atoms with E-state index in [2.05, 4.69) is 22.1 Å². The van der Waals surface area contributed by atoms with Gasteiger partial charge in [0.25, 0.3) is 11.8 Å². The van der Waals surface area contributed by atoms with Crippen molar-refractivity contribution >= 4 is 40.7 Å². The number of halogens is 2. The largest absolute Gasteiger partial charge is 0.490 e. The molecule has 46 heavy (non-hydrogen) atoms. The third-order valence-corrected chi connectivity index (χ3v) is 8.92. The number of aliphatic hydroxyl groups is 1. The molecule has 2 aromatic carbocycles. The first-order valence-electron chi connectivity index (χ1n) is 15.7. The zero-order valence-corrected chi connectivity index (χ0v) is 28.4. The molecule has 1 aliphatic rings. The second-order valence-electron chi connectivity index (χ2n) is 12.1. The fourth-order valence-corrected chi connectivity index (χ4v) is 5.81. The van der Waals surface area contributed by atoms with Crippen molar-refractivity contribution in [3.63, 3.8) is 0 Å². The minimum atomic E-state index is -0.474. The first kappa shape index (κ1) is 35.6. The van der Waals surface area contributed by atoms with Crippen molar-refractivity contribution in [3.8, 4) is 5.75 Å². The Morgan fingerprint density at radius 1 is 1.11 bits per heavy atom. The molecule has 1 aliphatic heterocycles. The molecule has 0 fully saturated rings. The van der Waals surface area contributed by atoms with E-state index < -0.39 is 6.04 Å². The number of anilines is 1. The van der Waals surface area contributed by atoms with Crippen LogP contribution in [0.3, 0.4) is 0 Å². The summed E-state index contributed by atoms with van der Waals surface area (Å²) in [7, 11) is 2.03. The van der Waals surface area contributed by atoms with E-state index in [1.54, 1.807) is 53.7 Å². The maximum Gasteiger partial charge on any atom is 0.258 e. The van der Waals surface area contributed by atoms with Crippen molar-refractivity contribution in [3.05, 3.63) is 87.7 Å². The van der Waals surface area contributed by atoms with E-state index >= 15 is 0 Å². The van der Waals surface area contributed by atoms with Gasteiger partial charge in [-0.2, -0.15) is 0 Å². The number of amides is 2. The summed E-state index contributed by atoms with van der Waals surface area (Å²) >= 11 is 12.4. The molecule has 0 spiro atoms. The third kappa shape index (κ3) is 9.89. The number of nitrogens with one attached hydrogen (secondary N) is 1. The zero-order valence-electron chi connectivity index (χ0n) is 26.9. The predicted molar refractivity (Wildman–Crippen MR) is 182 cm³/mol. The Labute approximate surface area is 281 Å². The summed E-state index contributed by atoms with van der Waals surface area (Å²) in [5.74, 6) is -0.247. The quantitative estimate of drug-likeness (QED) is 0.279. The van der Waals surface area contributed by atoms with Crippen LogP contribution >= 0.6 is 23.2 Å².